The third kappa shape index (κ3) is 7.71. The molecule has 0 radical (unpaired) electrons. The van der Waals surface area contributed by atoms with E-state index in [1.807, 2.05) is 20.8 Å². The molecule has 220 valence electrons. The van der Waals surface area contributed by atoms with E-state index in [2.05, 4.69) is 5.32 Å². The Morgan fingerprint density at radius 3 is 2.15 bits per heavy atom. The molecular weight excluding hydrogens is 566 g/mol. The molecule has 3 aromatic rings. The molecule has 0 unspecified atom stereocenters. The number of nitrogens with zero attached hydrogens (tertiary/aromatic N) is 2. The van der Waals surface area contributed by atoms with Crippen molar-refractivity contribution in [3.63, 3.8) is 0 Å². The van der Waals surface area contributed by atoms with Crippen molar-refractivity contribution < 1.29 is 27.5 Å². The number of aryl methyl sites for hydroxylation is 1. The van der Waals surface area contributed by atoms with Gasteiger partial charge in [-0.05, 0) is 63.6 Å². The van der Waals surface area contributed by atoms with Crippen LogP contribution < -0.4 is 19.1 Å². The van der Waals surface area contributed by atoms with Crippen molar-refractivity contribution in [3.05, 3.63) is 82.9 Å². The van der Waals surface area contributed by atoms with Crippen molar-refractivity contribution in [2.24, 2.45) is 0 Å². The molecule has 0 saturated carbocycles. The van der Waals surface area contributed by atoms with Crippen LogP contribution in [0.1, 0.15) is 31.9 Å². The Morgan fingerprint density at radius 2 is 1.56 bits per heavy atom. The minimum Gasteiger partial charge on any atom is -0.493 e. The SMILES string of the molecule is COc1ccc(N(CC(=O)N(Cc2ccccc2Cl)[C@H](C)C(=O)NC(C)C)S(=O)(=O)c2ccc(C)cc2)cc1OC. The number of rotatable bonds is 12. The number of benzene rings is 3. The minimum absolute atomic E-state index is 0.00442. The first kappa shape index (κ1) is 31.8. The number of halogens is 1. The normalized spacial score (nSPS) is 12.0. The maximum absolute atomic E-state index is 14.0. The van der Waals surface area contributed by atoms with Crippen molar-refractivity contribution in [2.45, 2.75) is 51.2 Å². The fraction of sp³-hybridized carbons (Fsp3) is 0.333. The molecule has 3 rings (SSSR count). The topological polar surface area (TPSA) is 105 Å². The number of sulfonamides is 1. The van der Waals surface area contributed by atoms with Crippen molar-refractivity contribution in [1.82, 2.24) is 10.2 Å². The van der Waals surface area contributed by atoms with Crippen LogP contribution in [0.3, 0.4) is 0 Å². The Labute approximate surface area is 247 Å². The quantitative estimate of drug-likeness (QED) is 0.320. The second-order valence-corrected chi connectivity index (χ2v) is 12.1. The lowest BCUT2D eigenvalue weighted by Crippen LogP contribution is -2.52. The zero-order chi connectivity index (χ0) is 30.3. The zero-order valence-corrected chi connectivity index (χ0v) is 25.6. The summed E-state index contributed by atoms with van der Waals surface area (Å²) in [6.45, 7) is 6.49. The molecule has 2 amide bonds. The summed E-state index contributed by atoms with van der Waals surface area (Å²) in [7, 11) is -1.32. The molecule has 0 fully saturated rings. The third-order valence-electron chi connectivity index (χ3n) is 6.44. The molecule has 0 saturated heterocycles. The summed E-state index contributed by atoms with van der Waals surface area (Å²) in [5, 5.41) is 3.25. The monoisotopic (exact) mass is 601 g/mol. The summed E-state index contributed by atoms with van der Waals surface area (Å²) >= 11 is 6.40. The Hall–Kier alpha value is -3.76. The van der Waals surface area contributed by atoms with Gasteiger partial charge < -0.3 is 19.7 Å². The summed E-state index contributed by atoms with van der Waals surface area (Å²) in [4.78, 5) is 28.4. The smallest absolute Gasteiger partial charge is 0.264 e. The Morgan fingerprint density at radius 1 is 0.927 bits per heavy atom. The van der Waals surface area contributed by atoms with Gasteiger partial charge in [-0.3, -0.25) is 13.9 Å². The van der Waals surface area contributed by atoms with Gasteiger partial charge in [0.1, 0.15) is 12.6 Å². The summed E-state index contributed by atoms with van der Waals surface area (Å²) in [5.74, 6) is -0.282. The van der Waals surface area contributed by atoms with E-state index in [0.29, 0.717) is 22.1 Å². The van der Waals surface area contributed by atoms with E-state index in [9.17, 15) is 18.0 Å². The number of hydrogen-bond donors (Lipinski definition) is 1. The van der Waals surface area contributed by atoms with Gasteiger partial charge in [-0.1, -0.05) is 47.5 Å². The van der Waals surface area contributed by atoms with Crippen molar-refractivity contribution in [2.75, 3.05) is 25.1 Å². The van der Waals surface area contributed by atoms with E-state index in [1.54, 1.807) is 49.4 Å². The standard InChI is InChI=1S/C30H36ClN3O6S/c1-20(2)32-30(36)22(4)33(18-23-9-7-8-10-26(23)31)29(35)19-34(24-13-16-27(39-5)28(17-24)40-6)41(37,38)25-14-11-21(3)12-15-25/h7-17,20,22H,18-19H2,1-6H3,(H,32,36)/t22-/m1/s1. The van der Waals surface area contributed by atoms with Gasteiger partial charge in [-0.2, -0.15) is 0 Å². The van der Waals surface area contributed by atoms with Crippen LogP contribution in [0.25, 0.3) is 0 Å². The molecule has 1 atom stereocenters. The van der Waals surface area contributed by atoms with Crippen LogP contribution in [0, 0.1) is 6.92 Å². The number of amides is 2. The largest absolute Gasteiger partial charge is 0.493 e. The van der Waals surface area contributed by atoms with Gasteiger partial charge in [-0.25, -0.2) is 8.42 Å². The minimum atomic E-state index is -4.23. The van der Waals surface area contributed by atoms with Crippen molar-refractivity contribution in [1.29, 1.82) is 0 Å². The molecule has 0 spiro atoms. The number of nitrogens with one attached hydrogen (secondary N) is 1. The second kappa shape index (κ2) is 13.7. The fourth-order valence-electron chi connectivity index (χ4n) is 4.14. The first-order valence-electron chi connectivity index (χ1n) is 13.0. The van der Waals surface area contributed by atoms with E-state index < -0.39 is 28.5 Å². The highest BCUT2D eigenvalue weighted by Gasteiger charge is 2.33. The lowest BCUT2D eigenvalue weighted by atomic mass is 10.1. The van der Waals surface area contributed by atoms with Gasteiger partial charge in [0.05, 0.1) is 24.8 Å². The van der Waals surface area contributed by atoms with Gasteiger partial charge in [0, 0.05) is 23.7 Å². The van der Waals surface area contributed by atoms with E-state index in [0.717, 1.165) is 9.87 Å². The molecule has 0 bridgehead atoms. The maximum Gasteiger partial charge on any atom is 0.264 e. The van der Waals surface area contributed by atoms with E-state index >= 15 is 0 Å². The lowest BCUT2D eigenvalue weighted by molar-refractivity contribution is -0.139. The summed E-state index contributed by atoms with van der Waals surface area (Å²) in [6.07, 6.45) is 0. The number of carbonyl (C=O) groups is 2. The summed E-state index contributed by atoms with van der Waals surface area (Å²) < 4.78 is 39.7. The van der Waals surface area contributed by atoms with E-state index in [-0.39, 0.29) is 29.1 Å². The molecule has 1 N–H and O–H groups in total. The Kier molecular flexibility index (Phi) is 10.6. The average molecular weight is 602 g/mol. The fourth-order valence-corrected chi connectivity index (χ4v) is 5.75. The summed E-state index contributed by atoms with van der Waals surface area (Å²) in [6, 6.07) is 16.8. The molecular formula is C30H36ClN3O6S. The highest BCUT2D eigenvalue weighted by atomic mass is 35.5. The van der Waals surface area contributed by atoms with Gasteiger partial charge >= 0.3 is 0 Å². The first-order valence-corrected chi connectivity index (χ1v) is 14.9. The third-order valence-corrected chi connectivity index (χ3v) is 8.60. The molecule has 0 aliphatic rings. The van der Waals surface area contributed by atoms with Crippen LogP contribution in [0.4, 0.5) is 5.69 Å². The number of carbonyl (C=O) groups excluding carboxylic acids is 2. The van der Waals surface area contributed by atoms with Crippen LogP contribution in [-0.2, 0) is 26.2 Å². The Bertz CT molecular complexity index is 1480. The van der Waals surface area contributed by atoms with Crippen LogP contribution in [0.2, 0.25) is 5.02 Å². The predicted octanol–water partition coefficient (Wildman–Crippen LogP) is 4.80. The van der Waals surface area contributed by atoms with Gasteiger partial charge in [0.15, 0.2) is 11.5 Å². The molecule has 0 heterocycles. The molecule has 0 aliphatic heterocycles. The molecule has 0 aliphatic carbocycles. The average Bonchev–Trinajstić information content (AvgIpc) is 2.94. The van der Waals surface area contributed by atoms with Crippen LogP contribution in [0.15, 0.2) is 71.6 Å². The van der Waals surface area contributed by atoms with Crippen LogP contribution in [0.5, 0.6) is 11.5 Å². The Balaban J connectivity index is 2.10. The molecule has 11 heteroatoms. The van der Waals surface area contributed by atoms with Gasteiger partial charge in [0.25, 0.3) is 10.0 Å². The van der Waals surface area contributed by atoms with Crippen molar-refractivity contribution in [3.8, 4) is 11.5 Å². The van der Waals surface area contributed by atoms with Crippen molar-refractivity contribution >= 4 is 39.1 Å². The highest BCUT2D eigenvalue weighted by molar-refractivity contribution is 7.92. The zero-order valence-electron chi connectivity index (χ0n) is 24.0. The molecule has 3 aromatic carbocycles. The highest BCUT2D eigenvalue weighted by Crippen LogP contribution is 2.34. The van der Waals surface area contributed by atoms with Gasteiger partial charge in [0.2, 0.25) is 11.8 Å². The second-order valence-electron chi connectivity index (χ2n) is 9.82. The number of methoxy groups -OCH3 is 2. The lowest BCUT2D eigenvalue weighted by Gasteiger charge is -2.32. The van der Waals surface area contributed by atoms with E-state index in [4.69, 9.17) is 21.1 Å². The maximum atomic E-state index is 14.0. The predicted molar refractivity (Wildman–Crippen MR) is 160 cm³/mol. The molecule has 9 nitrogen and oxygen atoms in total. The number of hydrogen-bond acceptors (Lipinski definition) is 6. The van der Waals surface area contributed by atoms with Crippen LogP contribution in [-0.4, -0.2) is 58.0 Å². The number of ether oxygens (including phenoxy) is 2. The van der Waals surface area contributed by atoms with E-state index in [1.165, 1.54) is 43.4 Å². The van der Waals surface area contributed by atoms with Gasteiger partial charge in [-0.15, -0.1) is 0 Å². The number of anilines is 1. The molecule has 0 aromatic heterocycles. The van der Waals surface area contributed by atoms with Crippen LogP contribution >= 0.6 is 11.6 Å². The summed E-state index contributed by atoms with van der Waals surface area (Å²) in [5.41, 5.74) is 1.69. The molecule has 41 heavy (non-hydrogen) atoms. The first-order chi connectivity index (χ1) is 19.4.